The van der Waals surface area contributed by atoms with Crippen LogP contribution in [0.15, 0.2) is 28.9 Å². The standard InChI is InChI=1S/C15H19NO2/c1-17-7-6-11-2-5-15-14(8-11)12(10-18-15)9-16-13-3-4-13/h2,5,8,10,13,16H,3-4,6-7,9H2,1H3. The molecular weight excluding hydrogens is 226 g/mol. The van der Waals surface area contributed by atoms with Crippen molar-refractivity contribution < 1.29 is 9.15 Å². The van der Waals surface area contributed by atoms with E-state index in [0.29, 0.717) is 0 Å². The van der Waals surface area contributed by atoms with E-state index >= 15 is 0 Å². The molecule has 1 aromatic carbocycles. The van der Waals surface area contributed by atoms with E-state index in [-0.39, 0.29) is 0 Å². The van der Waals surface area contributed by atoms with Crippen molar-refractivity contribution in [1.29, 1.82) is 0 Å². The van der Waals surface area contributed by atoms with Crippen LogP contribution in [-0.4, -0.2) is 19.8 Å². The molecule has 0 aliphatic heterocycles. The van der Waals surface area contributed by atoms with Crippen LogP contribution in [0.3, 0.4) is 0 Å². The molecule has 3 rings (SSSR count). The third kappa shape index (κ3) is 2.57. The Kier molecular flexibility index (Phi) is 3.35. The Labute approximate surface area is 107 Å². The summed E-state index contributed by atoms with van der Waals surface area (Å²) in [6.07, 6.45) is 5.46. The first-order chi connectivity index (χ1) is 8.86. The zero-order chi connectivity index (χ0) is 12.4. The highest BCUT2D eigenvalue weighted by molar-refractivity contribution is 5.81. The van der Waals surface area contributed by atoms with Gasteiger partial charge in [0.2, 0.25) is 0 Å². The monoisotopic (exact) mass is 245 g/mol. The number of ether oxygens (including phenoxy) is 1. The molecule has 1 aliphatic rings. The van der Waals surface area contributed by atoms with Crippen LogP contribution in [0.4, 0.5) is 0 Å². The van der Waals surface area contributed by atoms with E-state index in [2.05, 4.69) is 23.5 Å². The molecule has 1 heterocycles. The summed E-state index contributed by atoms with van der Waals surface area (Å²) in [6.45, 7) is 1.67. The Hall–Kier alpha value is -1.32. The molecule has 96 valence electrons. The Morgan fingerprint density at radius 2 is 2.28 bits per heavy atom. The molecule has 2 aromatic rings. The lowest BCUT2D eigenvalue weighted by atomic mass is 10.1. The average Bonchev–Trinajstić information content (AvgIpc) is 3.14. The quantitative estimate of drug-likeness (QED) is 0.849. The molecular formula is C15H19NO2. The molecule has 1 fully saturated rings. The maximum atomic E-state index is 5.59. The topological polar surface area (TPSA) is 34.4 Å². The van der Waals surface area contributed by atoms with Gasteiger partial charge in [-0.05, 0) is 37.0 Å². The van der Waals surface area contributed by atoms with E-state index < -0.39 is 0 Å². The lowest BCUT2D eigenvalue weighted by Crippen LogP contribution is -2.14. The molecule has 0 unspecified atom stereocenters. The van der Waals surface area contributed by atoms with Gasteiger partial charge in [0.05, 0.1) is 12.9 Å². The minimum absolute atomic E-state index is 0.728. The summed E-state index contributed by atoms with van der Waals surface area (Å²) < 4.78 is 10.7. The first kappa shape index (κ1) is 11.8. The van der Waals surface area contributed by atoms with Crippen LogP contribution < -0.4 is 5.32 Å². The van der Waals surface area contributed by atoms with E-state index in [1.54, 1.807) is 7.11 Å². The first-order valence-corrected chi connectivity index (χ1v) is 6.58. The molecule has 18 heavy (non-hydrogen) atoms. The van der Waals surface area contributed by atoms with E-state index in [9.17, 15) is 0 Å². The van der Waals surface area contributed by atoms with Crippen molar-refractivity contribution in [3.63, 3.8) is 0 Å². The zero-order valence-electron chi connectivity index (χ0n) is 10.7. The predicted octanol–water partition coefficient (Wildman–Crippen LogP) is 2.87. The normalized spacial score (nSPS) is 15.4. The average molecular weight is 245 g/mol. The van der Waals surface area contributed by atoms with E-state index in [1.807, 2.05) is 6.26 Å². The summed E-state index contributed by atoms with van der Waals surface area (Å²) in [4.78, 5) is 0. The molecule has 0 atom stereocenters. The van der Waals surface area contributed by atoms with Gasteiger partial charge in [-0.25, -0.2) is 0 Å². The van der Waals surface area contributed by atoms with Crippen molar-refractivity contribution in [2.45, 2.75) is 31.8 Å². The van der Waals surface area contributed by atoms with Crippen molar-refractivity contribution in [2.75, 3.05) is 13.7 Å². The fraction of sp³-hybridized carbons (Fsp3) is 0.467. The lowest BCUT2D eigenvalue weighted by molar-refractivity contribution is 0.202. The van der Waals surface area contributed by atoms with Gasteiger partial charge in [-0.15, -0.1) is 0 Å². The largest absolute Gasteiger partial charge is 0.464 e. The Morgan fingerprint density at radius 1 is 1.39 bits per heavy atom. The molecule has 3 nitrogen and oxygen atoms in total. The van der Waals surface area contributed by atoms with Gasteiger partial charge < -0.3 is 14.5 Å². The molecule has 0 saturated heterocycles. The Balaban J connectivity index is 1.79. The molecule has 1 aromatic heterocycles. The van der Waals surface area contributed by atoms with Crippen LogP contribution in [0.2, 0.25) is 0 Å². The fourth-order valence-electron chi connectivity index (χ4n) is 2.18. The summed E-state index contributed by atoms with van der Waals surface area (Å²) in [5.41, 5.74) is 3.54. The van der Waals surface area contributed by atoms with Crippen LogP contribution in [-0.2, 0) is 17.7 Å². The SMILES string of the molecule is COCCc1ccc2occ(CNC3CC3)c2c1. The van der Waals surface area contributed by atoms with Crippen LogP contribution in [0, 0.1) is 0 Å². The summed E-state index contributed by atoms with van der Waals surface area (Å²) >= 11 is 0. The van der Waals surface area contributed by atoms with Crippen molar-refractivity contribution in [3.8, 4) is 0 Å². The van der Waals surface area contributed by atoms with Crippen LogP contribution in [0.5, 0.6) is 0 Å². The van der Waals surface area contributed by atoms with Crippen molar-refractivity contribution in [3.05, 3.63) is 35.6 Å². The van der Waals surface area contributed by atoms with Crippen LogP contribution >= 0.6 is 0 Å². The summed E-state index contributed by atoms with van der Waals surface area (Å²) in [6, 6.07) is 7.12. The summed E-state index contributed by atoms with van der Waals surface area (Å²) in [7, 11) is 1.74. The number of rotatable bonds is 6. The number of nitrogens with one attached hydrogen (secondary N) is 1. The number of methoxy groups -OCH3 is 1. The Morgan fingerprint density at radius 3 is 3.06 bits per heavy atom. The third-order valence-electron chi connectivity index (χ3n) is 3.47. The van der Waals surface area contributed by atoms with Gasteiger partial charge in [-0.2, -0.15) is 0 Å². The third-order valence-corrected chi connectivity index (χ3v) is 3.47. The van der Waals surface area contributed by atoms with Gasteiger partial charge in [-0.3, -0.25) is 0 Å². The number of benzene rings is 1. The first-order valence-electron chi connectivity index (χ1n) is 6.58. The highest BCUT2D eigenvalue weighted by Gasteiger charge is 2.20. The van der Waals surface area contributed by atoms with Crippen molar-refractivity contribution in [2.24, 2.45) is 0 Å². The fourth-order valence-corrected chi connectivity index (χ4v) is 2.18. The maximum Gasteiger partial charge on any atom is 0.134 e. The molecule has 1 saturated carbocycles. The van der Waals surface area contributed by atoms with Crippen LogP contribution in [0.25, 0.3) is 11.0 Å². The van der Waals surface area contributed by atoms with Gasteiger partial charge >= 0.3 is 0 Å². The number of furan rings is 1. The highest BCUT2D eigenvalue weighted by Crippen LogP contribution is 2.25. The molecule has 3 heteroatoms. The smallest absolute Gasteiger partial charge is 0.134 e. The molecule has 0 bridgehead atoms. The second-order valence-corrected chi connectivity index (χ2v) is 4.99. The lowest BCUT2D eigenvalue weighted by Gasteiger charge is -2.03. The Bertz CT molecular complexity index is 528. The minimum atomic E-state index is 0.728. The van der Waals surface area contributed by atoms with Gasteiger partial charge in [0.15, 0.2) is 0 Å². The number of fused-ring (bicyclic) bond motifs is 1. The zero-order valence-corrected chi connectivity index (χ0v) is 10.7. The number of hydrogen-bond donors (Lipinski definition) is 1. The molecule has 0 spiro atoms. The van der Waals surface area contributed by atoms with E-state index in [0.717, 1.165) is 31.2 Å². The van der Waals surface area contributed by atoms with E-state index in [1.165, 1.54) is 29.4 Å². The van der Waals surface area contributed by atoms with E-state index in [4.69, 9.17) is 9.15 Å². The molecule has 0 amide bonds. The summed E-state index contributed by atoms with van der Waals surface area (Å²) in [5, 5.41) is 4.76. The molecule has 0 radical (unpaired) electrons. The minimum Gasteiger partial charge on any atom is -0.464 e. The van der Waals surface area contributed by atoms with Gasteiger partial charge in [0.25, 0.3) is 0 Å². The second-order valence-electron chi connectivity index (χ2n) is 4.99. The summed E-state index contributed by atoms with van der Waals surface area (Å²) in [5.74, 6) is 0. The maximum absolute atomic E-state index is 5.59. The molecule has 1 aliphatic carbocycles. The predicted molar refractivity (Wildman–Crippen MR) is 71.7 cm³/mol. The highest BCUT2D eigenvalue weighted by atomic mass is 16.5. The van der Waals surface area contributed by atoms with Gasteiger partial charge in [0, 0.05) is 30.6 Å². The van der Waals surface area contributed by atoms with Crippen molar-refractivity contribution >= 4 is 11.0 Å². The van der Waals surface area contributed by atoms with Crippen molar-refractivity contribution in [1.82, 2.24) is 5.32 Å². The van der Waals surface area contributed by atoms with Gasteiger partial charge in [0.1, 0.15) is 5.58 Å². The molecule has 1 N–H and O–H groups in total. The van der Waals surface area contributed by atoms with Crippen LogP contribution in [0.1, 0.15) is 24.0 Å². The van der Waals surface area contributed by atoms with Gasteiger partial charge in [-0.1, -0.05) is 6.07 Å². The second kappa shape index (κ2) is 5.12. The number of hydrogen-bond acceptors (Lipinski definition) is 3.